The highest BCUT2D eigenvalue weighted by atomic mass is 35.5. The predicted octanol–water partition coefficient (Wildman–Crippen LogP) is 14.5. The average molecular weight is 1400 g/mol. The first-order valence-electron chi connectivity index (χ1n) is 31.8. The van der Waals surface area contributed by atoms with Gasteiger partial charge in [0.15, 0.2) is 16.9 Å². The van der Waals surface area contributed by atoms with E-state index in [4.69, 9.17) is 34.8 Å². The van der Waals surface area contributed by atoms with Gasteiger partial charge in [0.25, 0.3) is 0 Å². The van der Waals surface area contributed by atoms with E-state index in [1.165, 1.54) is 46.9 Å². The van der Waals surface area contributed by atoms with Crippen molar-refractivity contribution in [3.63, 3.8) is 0 Å². The first-order chi connectivity index (χ1) is 47.8. The fourth-order valence-corrected chi connectivity index (χ4v) is 13.3. The Morgan fingerprint density at radius 1 is 0.404 bits per heavy atom. The van der Waals surface area contributed by atoms with Crippen molar-refractivity contribution in [3.8, 4) is 67.5 Å². The molecular formula is C72H60Cl3F6N15O3. The SMILES string of the molecule is Cc1cc(-c2nn(CC(=O)N3CC[C@@H](F)C3)c3nnc(-c4ccccc4)c(Cl)c23)ccc1F.Cc1ccc(F)cc1-c1nn(CC(=O)N2CC[C@@H](F)C2)c2nnc(-c3ccccc3)c(Cl)c12.Cc1cccc(-c2nn(CC(=O)N3CC[C@@H](F)C3)c3nnc(-c4ccccc4)c(Cl)c23)c1F. The van der Waals surface area contributed by atoms with E-state index in [0.717, 1.165) is 22.3 Å². The topological polar surface area (TPSA) is 192 Å². The Morgan fingerprint density at radius 3 is 1.19 bits per heavy atom. The lowest BCUT2D eigenvalue weighted by molar-refractivity contribution is -0.131. The molecule has 3 amide bonds. The normalized spacial score (nSPS) is 16.0. The number of hydrogen-bond acceptors (Lipinski definition) is 12. The van der Waals surface area contributed by atoms with Crippen LogP contribution in [0.25, 0.3) is 101 Å². The Balaban J connectivity index is 0.000000133. The first-order valence-corrected chi connectivity index (χ1v) is 32.9. The highest BCUT2D eigenvalue weighted by Crippen LogP contribution is 2.42. The van der Waals surface area contributed by atoms with Crippen molar-refractivity contribution in [2.75, 3.05) is 39.3 Å². The second-order valence-electron chi connectivity index (χ2n) is 24.3. The van der Waals surface area contributed by atoms with E-state index in [1.807, 2.05) is 97.9 Å². The molecule has 0 aliphatic carbocycles. The monoisotopic (exact) mass is 1400 g/mol. The molecule has 0 bridgehead atoms. The quantitative estimate of drug-likeness (QED) is 0.105. The maximum Gasteiger partial charge on any atom is 0.244 e. The summed E-state index contributed by atoms with van der Waals surface area (Å²) in [5, 5.41) is 42.0. The summed E-state index contributed by atoms with van der Waals surface area (Å²) >= 11 is 20.4. The van der Waals surface area contributed by atoms with Crippen LogP contribution in [-0.4, -0.2) is 150 Å². The molecule has 12 aromatic rings. The van der Waals surface area contributed by atoms with Gasteiger partial charge in [-0.15, -0.1) is 30.6 Å². The van der Waals surface area contributed by atoms with E-state index in [0.29, 0.717) is 127 Å². The molecule has 3 atom stereocenters. The Labute approximate surface area is 577 Å². The molecular weight excluding hydrogens is 1340 g/mol. The van der Waals surface area contributed by atoms with Gasteiger partial charge in [-0.2, -0.15) is 15.3 Å². The highest BCUT2D eigenvalue weighted by molar-refractivity contribution is 6.40. The van der Waals surface area contributed by atoms with Crippen LogP contribution in [0, 0.1) is 38.2 Å². The number of alkyl halides is 3. The first kappa shape index (κ1) is 67.4. The van der Waals surface area contributed by atoms with Crippen LogP contribution in [0.5, 0.6) is 0 Å². The lowest BCUT2D eigenvalue weighted by Gasteiger charge is -2.15. The summed E-state index contributed by atoms with van der Waals surface area (Å²) in [6.45, 7) is 6.01. The molecule has 0 saturated carbocycles. The molecule has 0 radical (unpaired) electrons. The molecule has 6 aromatic carbocycles. The van der Waals surface area contributed by atoms with Crippen LogP contribution in [0.15, 0.2) is 146 Å². The molecule has 99 heavy (non-hydrogen) atoms. The van der Waals surface area contributed by atoms with Crippen molar-refractivity contribution in [2.24, 2.45) is 0 Å². The van der Waals surface area contributed by atoms with Gasteiger partial charge in [-0.05, 0) is 93.1 Å². The van der Waals surface area contributed by atoms with Crippen molar-refractivity contribution in [1.29, 1.82) is 0 Å². The molecule has 3 saturated heterocycles. The third-order valence-electron chi connectivity index (χ3n) is 17.6. The van der Waals surface area contributed by atoms with Crippen molar-refractivity contribution in [3.05, 3.63) is 195 Å². The van der Waals surface area contributed by atoms with Crippen LogP contribution < -0.4 is 0 Å². The van der Waals surface area contributed by atoms with E-state index in [9.17, 15) is 36.3 Å². The van der Waals surface area contributed by atoms with Gasteiger partial charge in [0.1, 0.15) is 89.8 Å². The van der Waals surface area contributed by atoms with Crippen LogP contribution in [-0.2, 0) is 34.0 Å². The average Bonchev–Trinajstić information content (AvgIpc) is 1.61. The smallest absolute Gasteiger partial charge is 0.244 e. The van der Waals surface area contributed by atoms with Crippen molar-refractivity contribution in [2.45, 2.75) is 78.2 Å². The third kappa shape index (κ3) is 13.9. The minimum atomic E-state index is -1.03. The number of amides is 3. The zero-order valence-electron chi connectivity index (χ0n) is 53.4. The van der Waals surface area contributed by atoms with E-state index >= 15 is 4.39 Å². The van der Waals surface area contributed by atoms with Gasteiger partial charge < -0.3 is 14.7 Å². The van der Waals surface area contributed by atoms with Crippen LogP contribution in [0.3, 0.4) is 0 Å². The number of hydrogen-bond donors (Lipinski definition) is 0. The number of halogens is 9. The number of carbonyl (C=O) groups excluding carboxylic acids is 3. The number of aromatic nitrogens is 12. The summed E-state index contributed by atoms with van der Waals surface area (Å²) in [7, 11) is 0. The Bertz CT molecular complexity index is 4910. The van der Waals surface area contributed by atoms with Crippen molar-refractivity contribution >= 4 is 85.6 Å². The molecule has 6 aromatic heterocycles. The van der Waals surface area contributed by atoms with Gasteiger partial charge >= 0.3 is 0 Å². The van der Waals surface area contributed by atoms with Gasteiger partial charge in [-0.3, -0.25) is 14.4 Å². The van der Waals surface area contributed by atoms with Crippen LogP contribution in [0.2, 0.25) is 15.1 Å². The molecule has 3 fully saturated rings. The maximum absolute atomic E-state index is 15.1. The molecule has 0 N–H and O–H groups in total. The summed E-state index contributed by atoms with van der Waals surface area (Å²) in [4.78, 5) is 42.8. The van der Waals surface area contributed by atoms with E-state index < -0.39 is 30.1 Å². The fourth-order valence-electron chi connectivity index (χ4n) is 12.3. The molecule has 0 unspecified atom stereocenters. The number of carbonyl (C=O) groups is 3. The highest BCUT2D eigenvalue weighted by Gasteiger charge is 2.33. The molecule has 3 aliphatic heterocycles. The van der Waals surface area contributed by atoms with E-state index in [2.05, 4.69) is 45.9 Å². The molecule has 0 spiro atoms. The standard InChI is InChI=1S/3C24H20ClF2N5O/c1-14-6-5-9-17(21(14)27)23-19-20(25)22(15-7-3-2-4-8-15)28-29-24(19)32(30-23)13-18(33)31-11-10-16(26)12-31;1-14-11-16(7-8-18(14)27)22-20-21(25)23(15-5-3-2-4-6-15)28-29-24(20)32(30-22)13-19(33)31-10-9-17(26)12-31;1-14-7-8-16(26)11-18(14)23-20-21(25)22(15-5-3-2-4-6-15)28-29-24(20)32(30-23)13-19(33)31-10-9-17(27)12-31/h2-9,16H,10-13H2,1H3;2*2-8,11,17H,9-10,12-13H2,1H3/t16-;2*17-/m111/s1. The molecule has 15 rings (SSSR count). The van der Waals surface area contributed by atoms with Gasteiger partial charge in [0.05, 0.1) is 50.9 Å². The molecule has 504 valence electrons. The van der Waals surface area contributed by atoms with Crippen molar-refractivity contribution in [1.82, 2.24) is 74.6 Å². The van der Waals surface area contributed by atoms with Gasteiger partial charge in [-0.1, -0.05) is 144 Å². The van der Waals surface area contributed by atoms with Crippen LogP contribution in [0.4, 0.5) is 26.3 Å². The zero-order chi connectivity index (χ0) is 69.3. The number of benzene rings is 6. The maximum atomic E-state index is 15.1. The van der Waals surface area contributed by atoms with E-state index in [1.54, 1.807) is 50.2 Å². The molecule has 9 heterocycles. The van der Waals surface area contributed by atoms with Gasteiger partial charge in [0, 0.05) is 53.0 Å². The molecule has 3 aliphatic rings. The zero-order valence-corrected chi connectivity index (χ0v) is 55.7. The third-order valence-corrected chi connectivity index (χ3v) is 18.7. The Hall–Kier alpha value is -10.2. The molecule has 18 nitrogen and oxygen atoms in total. The summed E-state index contributed by atoms with van der Waals surface area (Å²) in [6, 6.07) is 42.1. The number of rotatable bonds is 12. The Morgan fingerprint density at radius 2 is 0.798 bits per heavy atom. The fraction of sp³-hybridized carbons (Fsp3) is 0.250. The second-order valence-corrected chi connectivity index (χ2v) is 25.5. The minimum absolute atomic E-state index is 0.0575. The number of likely N-dealkylation sites (tertiary alicyclic amines) is 3. The lowest BCUT2D eigenvalue weighted by atomic mass is 10.0. The van der Waals surface area contributed by atoms with Gasteiger partial charge in [-0.25, -0.2) is 40.4 Å². The van der Waals surface area contributed by atoms with Crippen LogP contribution >= 0.6 is 34.8 Å². The van der Waals surface area contributed by atoms with Crippen LogP contribution in [0.1, 0.15) is 36.0 Å². The summed E-state index contributed by atoms with van der Waals surface area (Å²) in [5.41, 5.74) is 8.92. The Kier molecular flexibility index (Phi) is 19.6. The predicted molar refractivity (Wildman–Crippen MR) is 366 cm³/mol. The number of fused-ring (bicyclic) bond motifs is 3. The van der Waals surface area contributed by atoms with Crippen molar-refractivity contribution < 1.29 is 40.7 Å². The number of nitrogens with zero attached hydrogens (tertiary/aromatic N) is 15. The summed E-state index contributed by atoms with van der Waals surface area (Å²) < 4.78 is 88.2. The van der Waals surface area contributed by atoms with E-state index in [-0.39, 0.29) is 84.7 Å². The minimum Gasteiger partial charge on any atom is -0.338 e. The summed E-state index contributed by atoms with van der Waals surface area (Å²) in [6.07, 6.45) is -2.08. The number of aryl methyl sites for hydroxylation is 3. The lowest BCUT2D eigenvalue weighted by Crippen LogP contribution is -2.32. The molecule has 27 heteroatoms. The summed E-state index contributed by atoms with van der Waals surface area (Å²) in [5.74, 6) is -1.99. The largest absolute Gasteiger partial charge is 0.338 e. The van der Waals surface area contributed by atoms with Gasteiger partial charge in [0.2, 0.25) is 17.7 Å². The second kappa shape index (κ2) is 28.7.